The van der Waals surface area contributed by atoms with Crippen LogP contribution in [0.5, 0.6) is 0 Å². The van der Waals surface area contributed by atoms with Crippen LogP contribution < -0.4 is 5.19 Å². The van der Waals surface area contributed by atoms with Gasteiger partial charge in [-0.3, -0.25) is 0 Å². The molecule has 31 heavy (non-hydrogen) atoms. The zero-order valence-electron chi connectivity index (χ0n) is 19.5. The van der Waals surface area contributed by atoms with Crippen LogP contribution in [0.25, 0.3) is 0 Å². The van der Waals surface area contributed by atoms with Gasteiger partial charge in [-0.15, -0.1) is 0 Å². The van der Waals surface area contributed by atoms with Crippen LogP contribution in [0, 0.1) is 40.4 Å². The first-order valence-electron chi connectivity index (χ1n) is 10.8. The van der Waals surface area contributed by atoms with E-state index in [1.165, 1.54) is 5.56 Å². The lowest BCUT2D eigenvalue weighted by molar-refractivity contribution is 0.301. The molecule has 172 valence electrons. The van der Waals surface area contributed by atoms with Crippen molar-refractivity contribution in [1.29, 1.82) is 0 Å². The summed E-state index contributed by atoms with van der Waals surface area (Å²) in [4.78, 5) is 0. The van der Waals surface area contributed by atoms with E-state index in [9.17, 15) is 22.0 Å². The summed E-state index contributed by atoms with van der Waals surface area (Å²) < 4.78 is 69.3. The Balaban J connectivity index is 2.22. The van der Waals surface area contributed by atoms with Crippen molar-refractivity contribution < 1.29 is 22.0 Å². The zero-order chi connectivity index (χ0) is 23.7. The van der Waals surface area contributed by atoms with Crippen molar-refractivity contribution in [2.75, 3.05) is 0 Å². The highest BCUT2D eigenvalue weighted by Gasteiger charge is 2.36. The van der Waals surface area contributed by atoms with Crippen molar-refractivity contribution in [2.45, 2.75) is 72.5 Å². The predicted octanol–water partition coefficient (Wildman–Crippen LogP) is 7.72. The summed E-state index contributed by atoms with van der Waals surface area (Å²) >= 11 is 0. The first-order valence-corrected chi connectivity index (χ1v) is 14.0. The van der Waals surface area contributed by atoms with Crippen LogP contribution in [0.4, 0.5) is 22.0 Å². The Kier molecular flexibility index (Phi) is 7.78. The van der Waals surface area contributed by atoms with Gasteiger partial charge in [-0.1, -0.05) is 72.0 Å². The number of aryl methyl sites for hydroxylation is 1. The van der Waals surface area contributed by atoms with Gasteiger partial charge in [0, 0.05) is 5.19 Å². The van der Waals surface area contributed by atoms with E-state index in [-0.39, 0.29) is 5.41 Å². The minimum absolute atomic E-state index is 0.205. The molecule has 2 rings (SSSR count). The first-order chi connectivity index (χ1) is 14.2. The highest BCUT2D eigenvalue weighted by Crippen LogP contribution is 2.36. The Bertz CT molecular complexity index is 882. The van der Waals surface area contributed by atoms with Gasteiger partial charge in [-0.25, -0.2) is 22.0 Å². The summed E-state index contributed by atoms with van der Waals surface area (Å²) in [7, 11) is -2.92. The van der Waals surface area contributed by atoms with Crippen LogP contribution in [-0.2, 0) is 6.42 Å². The van der Waals surface area contributed by atoms with E-state index in [1.54, 1.807) is 13.1 Å². The molecule has 0 aliphatic heterocycles. The molecule has 1 atom stereocenters. The van der Waals surface area contributed by atoms with Gasteiger partial charge in [0.05, 0.1) is 8.07 Å². The van der Waals surface area contributed by atoms with Gasteiger partial charge < -0.3 is 0 Å². The second-order valence-electron chi connectivity index (χ2n) is 10.7. The molecule has 0 N–H and O–H groups in total. The van der Waals surface area contributed by atoms with E-state index < -0.39 is 42.3 Å². The molecule has 0 aromatic heterocycles. The standard InChI is InChI=1S/C25H33F5Si/c1-15(2)18(14-25(3,4)5)17-10-8-16(9-11-17)12-13-31(6,7)24-22(29)20(27)19(26)21(28)23(24)30/h8-11,15,18H,12-14H2,1-7H3. The van der Waals surface area contributed by atoms with Crippen molar-refractivity contribution in [2.24, 2.45) is 11.3 Å². The molecule has 0 saturated carbocycles. The van der Waals surface area contributed by atoms with Crippen molar-refractivity contribution in [3.05, 3.63) is 64.5 Å². The predicted molar refractivity (Wildman–Crippen MR) is 120 cm³/mol. The van der Waals surface area contributed by atoms with Gasteiger partial charge in [0.15, 0.2) is 23.3 Å². The molecule has 1 unspecified atom stereocenters. The van der Waals surface area contributed by atoms with Gasteiger partial charge in [0.2, 0.25) is 5.82 Å². The highest BCUT2D eigenvalue weighted by molar-refractivity contribution is 6.89. The van der Waals surface area contributed by atoms with Gasteiger partial charge in [-0.05, 0) is 47.3 Å². The maximum absolute atomic E-state index is 14.3. The third kappa shape index (κ3) is 5.97. The molecule has 6 heteroatoms. The van der Waals surface area contributed by atoms with E-state index in [2.05, 4.69) is 46.8 Å². The topological polar surface area (TPSA) is 0 Å². The Morgan fingerprint density at radius 1 is 0.774 bits per heavy atom. The molecule has 0 heterocycles. The van der Waals surface area contributed by atoms with E-state index in [1.807, 2.05) is 12.1 Å². The minimum atomic E-state index is -2.92. The van der Waals surface area contributed by atoms with Crippen molar-refractivity contribution in [3.63, 3.8) is 0 Å². The Labute approximate surface area is 183 Å². The van der Waals surface area contributed by atoms with Gasteiger partial charge >= 0.3 is 0 Å². The molecule has 2 aromatic rings. The molecule has 0 fully saturated rings. The number of hydrogen-bond acceptors (Lipinski definition) is 0. The lowest BCUT2D eigenvalue weighted by Gasteiger charge is -2.29. The monoisotopic (exact) mass is 456 g/mol. The van der Waals surface area contributed by atoms with Crippen molar-refractivity contribution >= 4 is 13.3 Å². The SMILES string of the molecule is CC(C)C(CC(C)(C)C)c1ccc(CC[Si](C)(C)c2c(F)c(F)c(F)c(F)c2F)cc1. The molecule has 0 saturated heterocycles. The van der Waals surface area contributed by atoms with Crippen LogP contribution in [0.1, 0.15) is 58.1 Å². The molecule has 0 bridgehead atoms. The lowest BCUT2D eigenvalue weighted by atomic mass is 9.76. The average molecular weight is 457 g/mol. The second-order valence-corrected chi connectivity index (χ2v) is 15.5. The average Bonchev–Trinajstić information content (AvgIpc) is 2.67. The normalized spacial score (nSPS) is 13.7. The highest BCUT2D eigenvalue weighted by atomic mass is 28.3. The molecule has 0 nitrogen and oxygen atoms in total. The maximum Gasteiger partial charge on any atom is 0.200 e. The summed E-state index contributed by atoms with van der Waals surface area (Å²) in [5.74, 6) is -8.29. The molecular weight excluding hydrogens is 423 g/mol. The van der Waals surface area contributed by atoms with Crippen molar-refractivity contribution in [3.8, 4) is 0 Å². The summed E-state index contributed by atoms with van der Waals surface area (Å²) in [6.45, 7) is 14.4. The molecular formula is C25H33F5Si. The Morgan fingerprint density at radius 2 is 1.23 bits per heavy atom. The fourth-order valence-electron chi connectivity index (χ4n) is 4.11. The number of benzene rings is 2. The quantitative estimate of drug-likeness (QED) is 0.173. The summed E-state index contributed by atoms with van der Waals surface area (Å²) in [6, 6.07) is 8.59. The molecule has 0 aliphatic carbocycles. The molecule has 2 aromatic carbocycles. The Morgan fingerprint density at radius 3 is 1.65 bits per heavy atom. The van der Waals surface area contributed by atoms with E-state index in [4.69, 9.17) is 0 Å². The van der Waals surface area contributed by atoms with Crippen molar-refractivity contribution in [1.82, 2.24) is 0 Å². The summed E-state index contributed by atoms with van der Waals surface area (Å²) in [6.07, 6.45) is 1.58. The third-order valence-corrected chi connectivity index (χ3v) is 9.26. The zero-order valence-corrected chi connectivity index (χ0v) is 20.5. The molecule has 0 radical (unpaired) electrons. The molecule has 0 spiro atoms. The first kappa shape index (κ1) is 25.6. The fourth-order valence-corrected chi connectivity index (χ4v) is 6.68. The third-order valence-electron chi connectivity index (χ3n) is 5.97. The van der Waals surface area contributed by atoms with Crippen LogP contribution in [0.15, 0.2) is 24.3 Å². The van der Waals surface area contributed by atoms with Crippen LogP contribution in [-0.4, -0.2) is 8.07 Å². The number of halogens is 5. The van der Waals surface area contributed by atoms with E-state index in [0.29, 0.717) is 24.3 Å². The lowest BCUT2D eigenvalue weighted by Crippen LogP contribution is -2.47. The fraction of sp³-hybridized carbons (Fsp3) is 0.520. The number of hydrogen-bond donors (Lipinski definition) is 0. The van der Waals surface area contributed by atoms with Crippen LogP contribution >= 0.6 is 0 Å². The summed E-state index contributed by atoms with van der Waals surface area (Å²) in [5.41, 5.74) is 2.45. The second kappa shape index (κ2) is 9.43. The van der Waals surface area contributed by atoms with Crippen LogP contribution in [0.2, 0.25) is 19.1 Å². The van der Waals surface area contributed by atoms with E-state index in [0.717, 1.165) is 12.0 Å². The van der Waals surface area contributed by atoms with Gasteiger partial charge in [-0.2, -0.15) is 0 Å². The largest absolute Gasteiger partial charge is 0.204 e. The van der Waals surface area contributed by atoms with Crippen LogP contribution in [0.3, 0.4) is 0 Å². The Hall–Kier alpha value is -1.69. The minimum Gasteiger partial charge on any atom is -0.204 e. The van der Waals surface area contributed by atoms with E-state index >= 15 is 0 Å². The summed E-state index contributed by atoms with van der Waals surface area (Å²) in [5, 5.41) is -0.620. The smallest absolute Gasteiger partial charge is 0.200 e. The molecule has 0 amide bonds. The van der Waals surface area contributed by atoms with Gasteiger partial charge in [0.25, 0.3) is 0 Å². The number of rotatable bonds is 7. The molecule has 0 aliphatic rings. The maximum atomic E-state index is 14.3. The van der Waals surface area contributed by atoms with Gasteiger partial charge in [0.1, 0.15) is 0 Å².